The Balaban J connectivity index is 1.83. The molecule has 1 atom stereocenters. The molecule has 120 valence electrons. The average Bonchev–Trinajstić information content (AvgIpc) is 2.86. The maximum atomic E-state index is 12.1. The molecule has 6 nitrogen and oxygen atoms in total. The van der Waals surface area contributed by atoms with E-state index in [1.54, 1.807) is 0 Å². The van der Waals surface area contributed by atoms with Crippen molar-refractivity contribution in [2.45, 2.75) is 31.7 Å². The van der Waals surface area contributed by atoms with Gasteiger partial charge in [0, 0.05) is 13.0 Å². The number of amides is 2. The molecule has 1 N–H and O–H groups in total. The van der Waals surface area contributed by atoms with Crippen LogP contribution < -0.4 is 5.32 Å². The molecule has 1 fully saturated rings. The van der Waals surface area contributed by atoms with Gasteiger partial charge in [0.05, 0.1) is 6.26 Å². The fraction of sp³-hybridized carbons (Fsp3) is 0.467. The molecule has 1 aliphatic heterocycles. The second-order valence-electron chi connectivity index (χ2n) is 5.39. The van der Waals surface area contributed by atoms with Crippen LogP contribution in [0.5, 0.6) is 0 Å². The number of rotatable bonds is 6. The molecule has 0 saturated carbocycles. The summed E-state index contributed by atoms with van der Waals surface area (Å²) in [6, 6.07) is 9.00. The number of nitrogens with one attached hydrogen (secondary N) is 1. The second-order valence-corrected chi connectivity index (χ2v) is 7.25. The van der Waals surface area contributed by atoms with E-state index in [2.05, 4.69) is 5.32 Å². The van der Waals surface area contributed by atoms with Gasteiger partial charge in [0.15, 0.2) is 0 Å². The van der Waals surface area contributed by atoms with Gasteiger partial charge in [-0.1, -0.05) is 30.3 Å². The van der Waals surface area contributed by atoms with E-state index >= 15 is 0 Å². The van der Waals surface area contributed by atoms with Crippen molar-refractivity contribution >= 4 is 21.8 Å². The third-order valence-corrected chi connectivity index (χ3v) is 4.78. The van der Waals surface area contributed by atoms with Gasteiger partial charge < -0.3 is 5.32 Å². The van der Waals surface area contributed by atoms with E-state index in [9.17, 15) is 18.0 Å². The zero-order valence-corrected chi connectivity index (χ0v) is 13.3. The Hall–Kier alpha value is -1.89. The van der Waals surface area contributed by atoms with Gasteiger partial charge in [0.2, 0.25) is 21.8 Å². The van der Waals surface area contributed by atoms with Crippen LogP contribution in [0.25, 0.3) is 0 Å². The van der Waals surface area contributed by atoms with Crippen LogP contribution in [0.1, 0.15) is 24.8 Å². The summed E-state index contributed by atoms with van der Waals surface area (Å²) >= 11 is 0. The molecule has 1 saturated heterocycles. The van der Waals surface area contributed by atoms with Crippen LogP contribution in [0.4, 0.5) is 0 Å². The van der Waals surface area contributed by atoms with E-state index in [0.717, 1.165) is 19.1 Å². The van der Waals surface area contributed by atoms with Crippen molar-refractivity contribution in [1.29, 1.82) is 0 Å². The molecule has 0 bridgehead atoms. The first-order valence-corrected chi connectivity index (χ1v) is 9.08. The number of aryl methyl sites for hydroxylation is 1. The fourth-order valence-corrected chi connectivity index (χ4v) is 3.71. The summed E-state index contributed by atoms with van der Waals surface area (Å²) in [4.78, 5) is 23.7. The third kappa shape index (κ3) is 4.07. The quantitative estimate of drug-likeness (QED) is 0.780. The van der Waals surface area contributed by atoms with Gasteiger partial charge in [0.25, 0.3) is 0 Å². The first kappa shape index (κ1) is 16.5. The van der Waals surface area contributed by atoms with Crippen LogP contribution in [-0.2, 0) is 26.0 Å². The maximum Gasteiger partial charge on any atom is 0.244 e. The summed E-state index contributed by atoms with van der Waals surface area (Å²) in [6.07, 6.45) is 2.88. The summed E-state index contributed by atoms with van der Waals surface area (Å²) < 4.78 is 23.9. The molecule has 1 aromatic rings. The number of nitrogens with zero attached hydrogens (tertiary/aromatic N) is 1. The van der Waals surface area contributed by atoms with E-state index in [1.807, 2.05) is 30.3 Å². The molecule has 2 rings (SSSR count). The van der Waals surface area contributed by atoms with E-state index in [-0.39, 0.29) is 12.8 Å². The first-order chi connectivity index (χ1) is 10.4. The van der Waals surface area contributed by atoms with Crippen molar-refractivity contribution in [3.8, 4) is 0 Å². The van der Waals surface area contributed by atoms with Gasteiger partial charge in [-0.15, -0.1) is 0 Å². The molecule has 1 aromatic carbocycles. The van der Waals surface area contributed by atoms with Crippen LogP contribution in [0.3, 0.4) is 0 Å². The average molecular weight is 324 g/mol. The van der Waals surface area contributed by atoms with Crippen molar-refractivity contribution in [3.05, 3.63) is 35.9 Å². The highest BCUT2D eigenvalue weighted by Crippen LogP contribution is 2.21. The molecule has 0 spiro atoms. The van der Waals surface area contributed by atoms with Crippen LogP contribution in [0, 0.1) is 0 Å². The molecule has 0 radical (unpaired) electrons. The number of benzene rings is 1. The van der Waals surface area contributed by atoms with Crippen molar-refractivity contribution in [3.63, 3.8) is 0 Å². The van der Waals surface area contributed by atoms with E-state index < -0.39 is 27.9 Å². The number of carbonyl (C=O) groups excluding carboxylic acids is 2. The van der Waals surface area contributed by atoms with Gasteiger partial charge in [-0.05, 0) is 24.8 Å². The van der Waals surface area contributed by atoms with Crippen molar-refractivity contribution in [2.24, 2.45) is 0 Å². The predicted molar refractivity (Wildman–Crippen MR) is 82.5 cm³/mol. The van der Waals surface area contributed by atoms with Crippen molar-refractivity contribution in [1.82, 2.24) is 9.62 Å². The standard InChI is InChI=1S/C15H20N2O4S/c1-22(20,21)17-13(9-10-14(17)18)15(19)16-11-5-8-12-6-3-2-4-7-12/h2-4,6-7,13H,5,8-11H2,1H3,(H,16,19). The Morgan fingerprint density at radius 1 is 1.32 bits per heavy atom. The Morgan fingerprint density at radius 2 is 2.00 bits per heavy atom. The number of hydrogen-bond acceptors (Lipinski definition) is 4. The summed E-state index contributed by atoms with van der Waals surface area (Å²) in [7, 11) is -3.70. The highest BCUT2D eigenvalue weighted by Gasteiger charge is 2.41. The Labute approximate surface area is 130 Å². The monoisotopic (exact) mass is 324 g/mol. The number of sulfonamides is 1. The third-order valence-electron chi connectivity index (χ3n) is 3.60. The van der Waals surface area contributed by atoms with E-state index in [0.29, 0.717) is 10.8 Å². The number of carbonyl (C=O) groups is 2. The summed E-state index contributed by atoms with van der Waals surface area (Å²) in [6.45, 7) is 0.454. The normalized spacial score (nSPS) is 18.5. The molecular weight excluding hydrogens is 304 g/mol. The Morgan fingerprint density at radius 3 is 2.64 bits per heavy atom. The van der Waals surface area contributed by atoms with E-state index in [1.165, 1.54) is 5.56 Å². The molecule has 2 amide bonds. The second kappa shape index (κ2) is 6.91. The maximum absolute atomic E-state index is 12.1. The lowest BCUT2D eigenvalue weighted by Crippen LogP contribution is -2.47. The van der Waals surface area contributed by atoms with Crippen LogP contribution in [0.15, 0.2) is 30.3 Å². The molecule has 1 aliphatic rings. The topological polar surface area (TPSA) is 83.6 Å². The van der Waals surface area contributed by atoms with Crippen molar-refractivity contribution in [2.75, 3.05) is 12.8 Å². The smallest absolute Gasteiger partial charge is 0.244 e. The van der Waals surface area contributed by atoms with E-state index in [4.69, 9.17) is 0 Å². The van der Waals surface area contributed by atoms with Crippen LogP contribution in [0.2, 0.25) is 0 Å². The Bertz CT molecular complexity index is 643. The molecule has 0 aromatic heterocycles. The lowest BCUT2D eigenvalue weighted by Gasteiger charge is -2.21. The minimum Gasteiger partial charge on any atom is -0.354 e. The minimum absolute atomic E-state index is 0.0924. The minimum atomic E-state index is -3.70. The lowest BCUT2D eigenvalue weighted by molar-refractivity contribution is -0.130. The Kier molecular flexibility index (Phi) is 5.18. The zero-order chi connectivity index (χ0) is 16.2. The lowest BCUT2D eigenvalue weighted by atomic mass is 10.1. The highest BCUT2D eigenvalue weighted by molar-refractivity contribution is 7.89. The number of hydrogen-bond donors (Lipinski definition) is 1. The van der Waals surface area contributed by atoms with Gasteiger partial charge in [-0.25, -0.2) is 12.7 Å². The molecule has 0 aliphatic carbocycles. The fourth-order valence-electron chi connectivity index (χ4n) is 2.58. The molecular formula is C15H20N2O4S. The summed E-state index contributed by atoms with van der Waals surface area (Å²) in [5, 5.41) is 2.72. The highest BCUT2D eigenvalue weighted by atomic mass is 32.2. The van der Waals surface area contributed by atoms with Crippen LogP contribution in [-0.4, -0.2) is 43.4 Å². The van der Waals surface area contributed by atoms with Gasteiger partial charge in [-0.3, -0.25) is 9.59 Å². The van der Waals surface area contributed by atoms with Gasteiger partial charge in [0.1, 0.15) is 6.04 Å². The molecule has 1 unspecified atom stereocenters. The first-order valence-electron chi connectivity index (χ1n) is 7.23. The SMILES string of the molecule is CS(=O)(=O)N1C(=O)CCC1C(=O)NCCCc1ccccc1. The molecule has 7 heteroatoms. The van der Waals surface area contributed by atoms with Gasteiger partial charge >= 0.3 is 0 Å². The molecule has 1 heterocycles. The van der Waals surface area contributed by atoms with Crippen molar-refractivity contribution < 1.29 is 18.0 Å². The summed E-state index contributed by atoms with van der Waals surface area (Å²) in [5.74, 6) is -0.906. The van der Waals surface area contributed by atoms with Crippen LogP contribution >= 0.6 is 0 Å². The molecule has 22 heavy (non-hydrogen) atoms. The zero-order valence-electron chi connectivity index (χ0n) is 12.5. The summed E-state index contributed by atoms with van der Waals surface area (Å²) in [5.41, 5.74) is 1.19. The largest absolute Gasteiger partial charge is 0.354 e. The predicted octanol–water partition coefficient (Wildman–Crippen LogP) is 0.686. The van der Waals surface area contributed by atoms with Gasteiger partial charge in [-0.2, -0.15) is 0 Å².